The van der Waals surface area contributed by atoms with E-state index in [9.17, 15) is 4.79 Å². The van der Waals surface area contributed by atoms with Gasteiger partial charge >= 0.3 is 5.97 Å². The monoisotopic (exact) mass is 155 g/mol. The molecule has 0 amide bonds. The lowest BCUT2D eigenvalue weighted by Gasteiger charge is -2.19. The molecule has 0 aromatic rings. The Kier molecular flexibility index (Phi) is 2.53. The van der Waals surface area contributed by atoms with Crippen molar-refractivity contribution in [2.24, 2.45) is 5.41 Å². The van der Waals surface area contributed by atoms with Crippen LogP contribution in [0.15, 0.2) is 0 Å². The fourth-order valence-corrected chi connectivity index (χ4v) is 1.54. The van der Waals surface area contributed by atoms with E-state index in [1.807, 2.05) is 6.92 Å². The molecule has 1 saturated carbocycles. The maximum Gasteiger partial charge on any atom is 0.312 e. The Morgan fingerprint density at radius 3 is 2.55 bits per heavy atom. The third-order valence-corrected chi connectivity index (χ3v) is 2.27. The molecule has 1 rings (SSSR count). The van der Waals surface area contributed by atoms with Crippen LogP contribution in [0.4, 0.5) is 0 Å². The summed E-state index contributed by atoms with van der Waals surface area (Å²) >= 11 is 0. The van der Waals surface area contributed by atoms with Gasteiger partial charge in [0.05, 0.1) is 12.0 Å². The first kappa shape index (κ1) is 8.57. The van der Waals surface area contributed by atoms with E-state index in [-0.39, 0.29) is 5.97 Å². The summed E-state index contributed by atoms with van der Waals surface area (Å²) < 4.78 is 4.93. The van der Waals surface area contributed by atoms with Gasteiger partial charge in [0.1, 0.15) is 0 Å². The summed E-state index contributed by atoms with van der Waals surface area (Å²) in [4.78, 5) is 11.3. The zero-order valence-electron chi connectivity index (χ0n) is 7.06. The molecular formula is C9H15O2. The summed E-state index contributed by atoms with van der Waals surface area (Å²) in [7, 11) is 0. The highest BCUT2D eigenvalue weighted by molar-refractivity contribution is 5.77. The zero-order valence-corrected chi connectivity index (χ0v) is 7.06. The summed E-state index contributed by atoms with van der Waals surface area (Å²) in [6.07, 6.45) is 4.02. The first-order valence-electron chi connectivity index (χ1n) is 4.21. The molecule has 2 heteroatoms. The average Bonchev–Trinajstić information content (AvgIpc) is 2.38. The second-order valence-corrected chi connectivity index (χ2v) is 3.21. The Hall–Kier alpha value is -0.530. The highest BCUT2D eigenvalue weighted by Gasteiger charge is 2.37. The molecule has 0 aliphatic heterocycles. The van der Waals surface area contributed by atoms with Gasteiger partial charge in [-0.3, -0.25) is 4.79 Å². The summed E-state index contributed by atoms with van der Waals surface area (Å²) in [5.74, 6) is -0.113. The highest BCUT2D eigenvalue weighted by Crippen LogP contribution is 2.37. The minimum atomic E-state index is -0.407. The van der Waals surface area contributed by atoms with E-state index >= 15 is 0 Å². The van der Waals surface area contributed by atoms with Crippen molar-refractivity contribution in [2.45, 2.75) is 32.6 Å². The quantitative estimate of drug-likeness (QED) is 0.570. The lowest BCUT2D eigenvalue weighted by atomic mass is 9.89. The second-order valence-electron chi connectivity index (χ2n) is 3.21. The van der Waals surface area contributed by atoms with Gasteiger partial charge in [-0.15, -0.1) is 0 Å². The van der Waals surface area contributed by atoms with Gasteiger partial charge in [0.25, 0.3) is 0 Å². The number of esters is 1. The summed E-state index contributed by atoms with van der Waals surface area (Å²) in [5.41, 5.74) is -0.407. The van der Waals surface area contributed by atoms with E-state index in [1.165, 1.54) is 0 Å². The number of hydrogen-bond acceptors (Lipinski definition) is 2. The van der Waals surface area contributed by atoms with Crippen molar-refractivity contribution in [2.75, 3.05) is 6.61 Å². The molecule has 1 radical (unpaired) electrons. The Balaban J connectivity index is 2.49. The molecule has 0 bridgehead atoms. The van der Waals surface area contributed by atoms with Crippen LogP contribution < -0.4 is 0 Å². The summed E-state index contributed by atoms with van der Waals surface area (Å²) in [5, 5.41) is 0. The molecule has 0 atom stereocenters. The number of ether oxygens (including phenoxy) is 1. The van der Waals surface area contributed by atoms with E-state index in [1.54, 1.807) is 0 Å². The van der Waals surface area contributed by atoms with E-state index in [2.05, 4.69) is 6.92 Å². The number of hydrogen-bond donors (Lipinski definition) is 0. The largest absolute Gasteiger partial charge is 0.466 e. The van der Waals surface area contributed by atoms with Gasteiger partial charge in [0.2, 0.25) is 0 Å². The van der Waals surface area contributed by atoms with Gasteiger partial charge in [-0.2, -0.15) is 0 Å². The molecule has 1 fully saturated rings. The Morgan fingerprint density at radius 2 is 2.09 bits per heavy atom. The van der Waals surface area contributed by atoms with Crippen LogP contribution in [-0.2, 0) is 9.53 Å². The van der Waals surface area contributed by atoms with Crippen molar-refractivity contribution in [1.29, 1.82) is 0 Å². The lowest BCUT2D eigenvalue weighted by molar-refractivity contribution is -0.152. The molecule has 0 unspecified atom stereocenters. The lowest BCUT2D eigenvalue weighted by Crippen LogP contribution is -2.26. The smallest absolute Gasteiger partial charge is 0.312 e. The van der Waals surface area contributed by atoms with Gasteiger partial charge in [-0.25, -0.2) is 0 Å². The molecule has 11 heavy (non-hydrogen) atoms. The van der Waals surface area contributed by atoms with Crippen molar-refractivity contribution in [3.8, 4) is 0 Å². The van der Waals surface area contributed by atoms with Crippen LogP contribution in [0.2, 0.25) is 0 Å². The van der Waals surface area contributed by atoms with Gasteiger partial charge in [-0.1, -0.05) is 12.8 Å². The molecular weight excluding hydrogens is 140 g/mol. The van der Waals surface area contributed by atoms with Crippen LogP contribution in [0, 0.1) is 12.3 Å². The third-order valence-electron chi connectivity index (χ3n) is 2.27. The predicted octanol–water partition coefficient (Wildman–Crippen LogP) is 1.94. The van der Waals surface area contributed by atoms with Crippen LogP contribution in [0.3, 0.4) is 0 Å². The Bertz CT molecular complexity index is 146. The Morgan fingerprint density at radius 1 is 1.55 bits per heavy atom. The van der Waals surface area contributed by atoms with Crippen LogP contribution in [0.5, 0.6) is 0 Å². The summed E-state index contributed by atoms with van der Waals surface area (Å²) in [6.45, 7) is 6.21. The first-order valence-corrected chi connectivity index (χ1v) is 4.21. The van der Waals surface area contributed by atoms with Gasteiger partial charge in [0.15, 0.2) is 0 Å². The van der Waals surface area contributed by atoms with Crippen molar-refractivity contribution < 1.29 is 9.53 Å². The minimum Gasteiger partial charge on any atom is -0.466 e. The van der Waals surface area contributed by atoms with Gasteiger partial charge < -0.3 is 4.74 Å². The first-order chi connectivity index (χ1) is 5.19. The molecule has 0 heterocycles. The zero-order chi connectivity index (χ0) is 8.32. The third kappa shape index (κ3) is 1.73. The normalized spacial score (nSPS) is 21.6. The molecule has 63 valence electrons. The van der Waals surface area contributed by atoms with Crippen molar-refractivity contribution >= 4 is 5.97 Å². The van der Waals surface area contributed by atoms with Crippen molar-refractivity contribution in [3.05, 3.63) is 6.92 Å². The number of rotatable bonds is 2. The van der Waals surface area contributed by atoms with Gasteiger partial charge in [0, 0.05) is 0 Å². The molecule has 0 N–H and O–H groups in total. The molecule has 2 nitrogen and oxygen atoms in total. The molecule has 0 aromatic heterocycles. The average molecular weight is 155 g/mol. The predicted molar refractivity (Wildman–Crippen MR) is 42.9 cm³/mol. The molecule has 1 aliphatic carbocycles. The fourth-order valence-electron chi connectivity index (χ4n) is 1.54. The van der Waals surface area contributed by atoms with Crippen LogP contribution in [0.25, 0.3) is 0 Å². The highest BCUT2D eigenvalue weighted by atomic mass is 16.5. The maximum atomic E-state index is 11.3. The minimum absolute atomic E-state index is 0.113. The van der Waals surface area contributed by atoms with Crippen LogP contribution >= 0.6 is 0 Å². The molecule has 0 saturated heterocycles. The fraction of sp³-hybridized carbons (Fsp3) is 0.778. The topological polar surface area (TPSA) is 26.3 Å². The van der Waals surface area contributed by atoms with E-state index in [0.717, 1.165) is 25.7 Å². The van der Waals surface area contributed by atoms with Gasteiger partial charge in [-0.05, 0) is 26.7 Å². The maximum absolute atomic E-state index is 11.3. The van der Waals surface area contributed by atoms with Crippen molar-refractivity contribution in [3.63, 3.8) is 0 Å². The van der Waals surface area contributed by atoms with E-state index in [4.69, 9.17) is 4.74 Å². The summed E-state index contributed by atoms with van der Waals surface area (Å²) in [6, 6.07) is 0. The van der Waals surface area contributed by atoms with Crippen LogP contribution in [-0.4, -0.2) is 12.6 Å². The molecule has 1 aliphatic rings. The Labute approximate surface area is 67.9 Å². The number of carbonyl (C=O) groups excluding carboxylic acids is 1. The second kappa shape index (κ2) is 3.24. The standard InChI is InChI=1S/C9H15O2/c1-3-11-8(10)9(2)6-4-5-7-9/h2-7H2,1H3. The number of carbonyl (C=O) groups is 1. The molecule has 0 spiro atoms. The van der Waals surface area contributed by atoms with E-state index in [0.29, 0.717) is 6.61 Å². The van der Waals surface area contributed by atoms with Crippen molar-refractivity contribution in [1.82, 2.24) is 0 Å². The SMILES string of the molecule is [CH2]C1(C(=O)OCC)CCCC1. The van der Waals surface area contributed by atoms with E-state index < -0.39 is 5.41 Å². The van der Waals surface area contributed by atoms with Crippen LogP contribution in [0.1, 0.15) is 32.6 Å². The molecule has 0 aromatic carbocycles.